The molecule has 2 N–H and O–H groups in total. The molecule has 0 saturated heterocycles. The van der Waals surface area contributed by atoms with Gasteiger partial charge in [0, 0.05) is 18.0 Å². The molecule has 0 unspecified atom stereocenters. The van der Waals surface area contributed by atoms with Crippen LogP contribution in [0.15, 0.2) is 53.3 Å². The fourth-order valence-electron chi connectivity index (χ4n) is 2.81. The van der Waals surface area contributed by atoms with E-state index < -0.39 is 11.3 Å². The lowest BCUT2D eigenvalue weighted by Crippen LogP contribution is -2.21. The van der Waals surface area contributed by atoms with Crippen LogP contribution in [-0.4, -0.2) is 14.8 Å². The highest BCUT2D eigenvalue weighted by Crippen LogP contribution is 2.34. The summed E-state index contributed by atoms with van der Waals surface area (Å²) >= 11 is 0. The fraction of sp³-hybridized carbons (Fsp3) is 0.250. The first-order valence-electron chi connectivity index (χ1n) is 8.37. The third kappa shape index (κ3) is 3.45. The average Bonchev–Trinajstić information content (AvgIpc) is 2.63. The number of phenolic OH excluding ortho intramolecular Hbond substituents is 1. The maximum absolute atomic E-state index is 12.6. The average molecular weight is 339 g/mol. The van der Waals surface area contributed by atoms with E-state index >= 15 is 0 Å². The zero-order chi connectivity index (χ0) is 17.8. The molecular weight excluding hydrogens is 318 g/mol. The van der Waals surface area contributed by atoms with Gasteiger partial charge in [-0.2, -0.15) is 0 Å². The lowest BCUT2D eigenvalue weighted by molar-refractivity contribution is 0.290. The van der Waals surface area contributed by atoms with Crippen LogP contribution in [0.25, 0.3) is 10.9 Å². The van der Waals surface area contributed by atoms with Gasteiger partial charge in [0.25, 0.3) is 5.56 Å². The number of aryl methyl sites for hydroxylation is 1. The minimum atomic E-state index is -0.505. The van der Waals surface area contributed by atoms with Gasteiger partial charge in [-0.3, -0.25) is 4.79 Å². The van der Waals surface area contributed by atoms with E-state index in [1.807, 2.05) is 37.3 Å². The Labute approximate surface area is 145 Å². The highest BCUT2D eigenvalue weighted by molar-refractivity contribution is 5.88. The molecule has 5 nitrogen and oxygen atoms in total. The Morgan fingerprint density at radius 2 is 1.84 bits per heavy atom. The van der Waals surface area contributed by atoms with Crippen LogP contribution in [0, 0.1) is 0 Å². The molecule has 0 aliphatic heterocycles. The van der Waals surface area contributed by atoms with Crippen LogP contribution in [0.4, 0.5) is 0 Å². The van der Waals surface area contributed by atoms with E-state index in [2.05, 4.69) is 0 Å². The van der Waals surface area contributed by atoms with Gasteiger partial charge in [-0.05, 0) is 24.1 Å². The van der Waals surface area contributed by atoms with Crippen LogP contribution in [-0.2, 0) is 13.2 Å². The van der Waals surface area contributed by atoms with Crippen LogP contribution in [0.2, 0.25) is 0 Å². The highest BCUT2D eigenvalue weighted by atomic mass is 16.5. The number of unbranched alkanes of at least 4 members (excludes halogenated alkanes) is 1. The van der Waals surface area contributed by atoms with Crippen molar-refractivity contribution in [3.05, 3.63) is 64.4 Å². The molecule has 0 saturated carbocycles. The summed E-state index contributed by atoms with van der Waals surface area (Å²) in [6.45, 7) is 2.74. The minimum Gasteiger partial charge on any atom is -0.508 e. The minimum absolute atomic E-state index is 0.0665. The molecule has 3 rings (SSSR count). The Morgan fingerprint density at radius 1 is 1.08 bits per heavy atom. The summed E-state index contributed by atoms with van der Waals surface area (Å²) in [5, 5.41) is 20.8. The van der Waals surface area contributed by atoms with Gasteiger partial charge in [-0.25, -0.2) is 0 Å². The first-order chi connectivity index (χ1) is 12.1. The maximum atomic E-state index is 12.6. The number of rotatable bonds is 6. The van der Waals surface area contributed by atoms with E-state index in [9.17, 15) is 15.0 Å². The van der Waals surface area contributed by atoms with Crippen molar-refractivity contribution in [3.8, 4) is 17.2 Å². The first kappa shape index (κ1) is 16.9. The molecule has 1 aromatic heterocycles. The van der Waals surface area contributed by atoms with Gasteiger partial charge in [0.1, 0.15) is 12.4 Å². The van der Waals surface area contributed by atoms with E-state index in [1.54, 1.807) is 6.07 Å². The Kier molecular flexibility index (Phi) is 4.93. The molecule has 130 valence electrons. The van der Waals surface area contributed by atoms with Crippen molar-refractivity contribution in [2.24, 2.45) is 0 Å². The fourth-order valence-corrected chi connectivity index (χ4v) is 2.81. The lowest BCUT2D eigenvalue weighted by Gasteiger charge is -2.16. The molecule has 2 aromatic carbocycles. The number of hydrogen-bond donors (Lipinski definition) is 2. The lowest BCUT2D eigenvalue weighted by atomic mass is 10.1. The number of aromatic hydroxyl groups is 2. The van der Waals surface area contributed by atoms with E-state index in [0.717, 1.165) is 18.4 Å². The van der Waals surface area contributed by atoms with Gasteiger partial charge in [0.2, 0.25) is 5.75 Å². The monoisotopic (exact) mass is 339 g/mol. The molecule has 3 aromatic rings. The van der Waals surface area contributed by atoms with E-state index in [-0.39, 0.29) is 18.1 Å². The van der Waals surface area contributed by atoms with Crippen molar-refractivity contribution < 1.29 is 14.9 Å². The summed E-state index contributed by atoms with van der Waals surface area (Å²) < 4.78 is 7.26. The van der Waals surface area contributed by atoms with Crippen molar-refractivity contribution in [1.29, 1.82) is 0 Å². The predicted octanol–water partition coefficient (Wildman–Crippen LogP) is 3.79. The number of pyridine rings is 1. The van der Waals surface area contributed by atoms with Gasteiger partial charge < -0.3 is 19.5 Å². The number of hydrogen-bond acceptors (Lipinski definition) is 4. The van der Waals surface area contributed by atoms with Crippen molar-refractivity contribution in [3.63, 3.8) is 0 Å². The first-order valence-corrected chi connectivity index (χ1v) is 8.37. The third-order valence-electron chi connectivity index (χ3n) is 4.14. The maximum Gasteiger partial charge on any atom is 0.297 e. The number of fused-ring (bicyclic) bond motifs is 1. The normalized spacial score (nSPS) is 10.9. The van der Waals surface area contributed by atoms with Gasteiger partial charge in [-0.1, -0.05) is 43.7 Å². The molecule has 0 aliphatic rings. The van der Waals surface area contributed by atoms with Crippen molar-refractivity contribution >= 4 is 10.9 Å². The number of aromatic nitrogens is 1. The van der Waals surface area contributed by atoms with Crippen LogP contribution in [0.1, 0.15) is 25.3 Å². The topological polar surface area (TPSA) is 71.7 Å². The quantitative estimate of drug-likeness (QED) is 0.717. The molecule has 0 radical (unpaired) electrons. The van der Waals surface area contributed by atoms with Crippen molar-refractivity contribution in [2.75, 3.05) is 0 Å². The van der Waals surface area contributed by atoms with Gasteiger partial charge in [0.15, 0.2) is 5.75 Å². The SMILES string of the molecule is CCCCn1c(=O)c(O)c(OCc2ccccc2)c2ccc(O)cc21. The summed E-state index contributed by atoms with van der Waals surface area (Å²) in [6.07, 6.45) is 1.72. The van der Waals surface area contributed by atoms with Gasteiger partial charge in [0.05, 0.1) is 5.52 Å². The standard InChI is InChI=1S/C20H21NO4/c1-2-3-11-21-17-12-15(22)9-10-16(17)19(18(23)20(21)24)25-13-14-7-5-4-6-8-14/h4-10,12,22-23H,2-3,11,13H2,1H3. The van der Waals surface area contributed by atoms with Gasteiger partial charge >= 0.3 is 0 Å². The van der Waals surface area contributed by atoms with Crippen molar-refractivity contribution in [1.82, 2.24) is 4.57 Å². The summed E-state index contributed by atoms with van der Waals surface area (Å²) in [4.78, 5) is 12.6. The predicted molar refractivity (Wildman–Crippen MR) is 97.2 cm³/mol. The van der Waals surface area contributed by atoms with Crippen molar-refractivity contribution in [2.45, 2.75) is 32.9 Å². The largest absolute Gasteiger partial charge is 0.508 e. The molecule has 0 fully saturated rings. The second kappa shape index (κ2) is 7.30. The second-order valence-electron chi connectivity index (χ2n) is 5.96. The molecule has 25 heavy (non-hydrogen) atoms. The Bertz CT molecular complexity index is 932. The molecule has 0 amide bonds. The van der Waals surface area contributed by atoms with Gasteiger partial charge in [-0.15, -0.1) is 0 Å². The summed E-state index contributed by atoms with van der Waals surface area (Å²) in [5.74, 6) is -0.182. The van der Waals surface area contributed by atoms with Crippen LogP contribution in [0.5, 0.6) is 17.2 Å². The Morgan fingerprint density at radius 3 is 2.56 bits per heavy atom. The van der Waals surface area contributed by atoms with E-state index in [4.69, 9.17) is 4.74 Å². The van der Waals surface area contributed by atoms with Crippen LogP contribution >= 0.6 is 0 Å². The zero-order valence-electron chi connectivity index (χ0n) is 14.1. The Balaban J connectivity index is 2.09. The molecule has 1 heterocycles. The second-order valence-corrected chi connectivity index (χ2v) is 5.96. The zero-order valence-corrected chi connectivity index (χ0v) is 14.1. The number of nitrogens with zero attached hydrogens (tertiary/aromatic N) is 1. The molecule has 0 aliphatic carbocycles. The van der Waals surface area contributed by atoms with E-state index in [0.29, 0.717) is 17.4 Å². The summed E-state index contributed by atoms with van der Waals surface area (Å²) in [5.41, 5.74) is 0.984. The smallest absolute Gasteiger partial charge is 0.297 e. The summed E-state index contributed by atoms with van der Waals surface area (Å²) in [7, 11) is 0. The number of benzene rings is 2. The van der Waals surface area contributed by atoms with Crippen LogP contribution in [0.3, 0.4) is 0 Å². The Hall–Kier alpha value is -2.95. The molecule has 0 atom stereocenters. The van der Waals surface area contributed by atoms with Crippen LogP contribution < -0.4 is 10.3 Å². The summed E-state index contributed by atoms with van der Waals surface area (Å²) in [6, 6.07) is 14.2. The highest BCUT2D eigenvalue weighted by Gasteiger charge is 2.18. The molecular formula is C20H21NO4. The van der Waals surface area contributed by atoms with E-state index in [1.165, 1.54) is 16.7 Å². The molecule has 5 heteroatoms. The number of ether oxygens (including phenoxy) is 1. The molecule has 0 spiro atoms. The molecule has 0 bridgehead atoms. The third-order valence-corrected chi connectivity index (χ3v) is 4.14. The number of phenols is 1.